The van der Waals surface area contributed by atoms with Crippen LogP contribution in [0.4, 0.5) is 18.9 Å². The van der Waals surface area contributed by atoms with Gasteiger partial charge in [0.05, 0.1) is 28.8 Å². The van der Waals surface area contributed by atoms with Crippen LogP contribution in [-0.4, -0.2) is 28.1 Å². The van der Waals surface area contributed by atoms with Crippen molar-refractivity contribution in [3.63, 3.8) is 0 Å². The van der Waals surface area contributed by atoms with Gasteiger partial charge >= 0.3 is 0 Å². The third-order valence-corrected chi connectivity index (χ3v) is 5.43. The molecular weight excluding hydrogens is 417 g/mol. The zero-order chi connectivity index (χ0) is 20.4. The molecule has 2 aromatic rings. The lowest BCUT2D eigenvalue weighted by molar-refractivity contribution is 0.0665. The summed E-state index contributed by atoms with van der Waals surface area (Å²) in [5, 5.41) is 11.6. The molecule has 1 saturated carbocycles. The number of pyridine rings is 1. The van der Waals surface area contributed by atoms with Gasteiger partial charge in [-0.1, -0.05) is 23.4 Å². The number of aromatic nitrogens is 1. The molecule has 2 aromatic heterocycles. The van der Waals surface area contributed by atoms with Crippen LogP contribution < -0.4 is 10.9 Å². The second kappa shape index (κ2) is 8.39. The fourth-order valence-electron chi connectivity index (χ4n) is 2.60. The summed E-state index contributed by atoms with van der Waals surface area (Å²) < 4.78 is 39.5. The summed E-state index contributed by atoms with van der Waals surface area (Å²) in [6.07, 6.45) is -1.03. The highest BCUT2D eigenvalue weighted by molar-refractivity contribution is 7.18. The van der Waals surface area contributed by atoms with E-state index < -0.39 is 30.3 Å². The van der Waals surface area contributed by atoms with Crippen molar-refractivity contribution in [2.45, 2.75) is 31.9 Å². The van der Waals surface area contributed by atoms with Gasteiger partial charge < -0.3 is 15.0 Å². The van der Waals surface area contributed by atoms with Crippen molar-refractivity contribution in [2.24, 2.45) is 5.92 Å². The van der Waals surface area contributed by atoms with E-state index in [-0.39, 0.29) is 22.6 Å². The Balaban J connectivity index is 1.75. The van der Waals surface area contributed by atoms with Crippen LogP contribution in [0, 0.1) is 23.6 Å². The van der Waals surface area contributed by atoms with Gasteiger partial charge in [0.2, 0.25) is 0 Å². The molecule has 0 unspecified atom stereocenters. The smallest absolute Gasteiger partial charge is 0.286 e. The van der Waals surface area contributed by atoms with Gasteiger partial charge in [-0.2, -0.15) is 0 Å². The number of hydrogen-bond acceptors (Lipinski definition) is 4. The Bertz CT molecular complexity index is 1020. The van der Waals surface area contributed by atoms with Crippen LogP contribution in [0.25, 0.3) is 0 Å². The topological polar surface area (TPSA) is 71.3 Å². The number of hydrogen-bond donors (Lipinski definition) is 2. The van der Waals surface area contributed by atoms with Crippen molar-refractivity contribution in [3.8, 4) is 11.8 Å². The first-order valence-corrected chi connectivity index (χ1v) is 9.40. The standard InChI is InChI=1S/C18H14ClF3N2O3S/c19-16-10(2-1-9-3-12(25)4-9)5-14(28-16)17(26)23-11-6-13(20)18(27)24(7-11)8-15(21)22/h5-7,9,12,15,25H,3-4,8H2,(H,23,26). The largest absolute Gasteiger partial charge is 0.393 e. The molecule has 10 heteroatoms. The molecule has 0 radical (unpaired) electrons. The number of aliphatic hydroxyl groups excluding tert-OH is 1. The normalized spacial score (nSPS) is 18.4. The first-order valence-electron chi connectivity index (χ1n) is 8.21. The third-order valence-electron chi connectivity index (χ3n) is 4.07. The molecule has 5 nitrogen and oxygen atoms in total. The van der Waals surface area contributed by atoms with Crippen molar-refractivity contribution >= 4 is 34.5 Å². The average molecular weight is 431 g/mol. The van der Waals surface area contributed by atoms with E-state index in [1.807, 2.05) is 0 Å². The summed E-state index contributed by atoms with van der Waals surface area (Å²) in [5.74, 6) is 4.03. The van der Waals surface area contributed by atoms with Gasteiger partial charge in [-0.3, -0.25) is 9.59 Å². The average Bonchev–Trinajstić information content (AvgIpc) is 2.95. The monoisotopic (exact) mass is 430 g/mol. The van der Waals surface area contributed by atoms with Crippen LogP contribution >= 0.6 is 22.9 Å². The van der Waals surface area contributed by atoms with Gasteiger partial charge in [0.25, 0.3) is 17.9 Å². The van der Waals surface area contributed by atoms with Gasteiger partial charge in [-0.25, -0.2) is 13.2 Å². The Morgan fingerprint density at radius 3 is 2.79 bits per heavy atom. The number of anilines is 1. The van der Waals surface area contributed by atoms with E-state index >= 15 is 0 Å². The van der Waals surface area contributed by atoms with Gasteiger partial charge in [0.1, 0.15) is 4.34 Å². The number of nitrogens with zero attached hydrogens (tertiary/aromatic N) is 1. The Kier molecular flexibility index (Phi) is 6.13. The summed E-state index contributed by atoms with van der Waals surface area (Å²) in [5.41, 5.74) is -0.883. The summed E-state index contributed by atoms with van der Waals surface area (Å²) in [4.78, 5) is 24.1. The Hall–Kier alpha value is -2.28. The third kappa shape index (κ3) is 4.76. The zero-order valence-electron chi connectivity index (χ0n) is 14.2. The Morgan fingerprint density at radius 1 is 1.43 bits per heavy atom. The highest BCUT2D eigenvalue weighted by Crippen LogP contribution is 2.29. The summed E-state index contributed by atoms with van der Waals surface area (Å²) in [6.45, 7) is -0.986. The van der Waals surface area contributed by atoms with Gasteiger partial charge in [0, 0.05) is 18.2 Å². The number of nitrogens with one attached hydrogen (secondary N) is 1. The molecule has 148 valence electrons. The van der Waals surface area contributed by atoms with Crippen LogP contribution in [-0.2, 0) is 6.54 Å². The molecule has 28 heavy (non-hydrogen) atoms. The number of rotatable bonds is 4. The lowest BCUT2D eigenvalue weighted by Crippen LogP contribution is -2.26. The Labute approximate surface area is 166 Å². The second-order valence-electron chi connectivity index (χ2n) is 6.27. The van der Waals surface area contributed by atoms with Crippen molar-refractivity contribution < 1.29 is 23.1 Å². The molecule has 0 aromatic carbocycles. The van der Waals surface area contributed by atoms with E-state index in [0.29, 0.717) is 27.3 Å². The minimum absolute atomic E-state index is 0.0853. The molecule has 2 heterocycles. The number of aliphatic hydroxyl groups is 1. The van der Waals surface area contributed by atoms with E-state index in [9.17, 15) is 27.9 Å². The van der Waals surface area contributed by atoms with Crippen molar-refractivity contribution in [2.75, 3.05) is 5.32 Å². The second-order valence-corrected chi connectivity index (χ2v) is 7.92. The van der Waals surface area contributed by atoms with Crippen molar-refractivity contribution in [1.82, 2.24) is 4.57 Å². The summed E-state index contributed by atoms with van der Waals surface area (Å²) >= 11 is 7.05. The molecular formula is C18H14ClF3N2O3S. The molecule has 0 atom stereocenters. The van der Waals surface area contributed by atoms with E-state index in [2.05, 4.69) is 17.2 Å². The summed E-state index contributed by atoms with van der Waals surface area (Å²) in [6, 6.07) is 2.23. The zero-order valence-corrected chi connectivity index (χ0v) is 15.8. The Morgan fingerprint density at radius 2 is 2.14 bits per heavy atom. The van der Waals surface area contributed by atoms with Crippen molar-refractivity contribution in [1.29, 1.82) is 0 Å². The molecule has 1 fully saturated rings. The first-order chi connectivity index (χ1) is 13.2. The number of carbonyl (C=O) groups excluding carboxylic acids is 1. The van der Waals surface area contributed by atoms with Gasteiger partial charge in [0.15, 0.2) is 5.82 Å². The van der Waals surface area contributed by atoms with E-state index in [0.717, 1.165) is 23.6 Å². The van der Waals surface area contributed by atoms with Crippen LogP contribution in [0.15, 0.2) is 23.1 Å². The molecule has 0 spiro atoms. The highest BCUT2D eigenvalue weighted by Gasteiger charge is 2.25. The number of thiophene rings is 1. The summed E-state index contributed by atoms with van der Waals surface area (Å²) in [7, 11) is 0. The van der Waals surface area contributed by atoms with Gasteiger partial charge in [-0.15, -0.1) is 11.3 Å². The maximum atomic E-state index is 13.7. The number of amides is 1. The molecule has 0 aliphatic heterocycles. The molecule has 2 N–H and O–H groups in total. The molecule has 1 amide bonds. The minimum Gasteiger partial charge on any atom is -0.393 e. The van der Waals surface area contributed by atoms with E-state index in [1.165, 1.54) is 6.07 Å². The lowest BCUT2D eigenvalue weighted by Gasteiger charge is -2.26. The highest BCUT2D eigenvalue weighted by atomic mass is 35.5. The molecule has 0 saturated heterocycles. The number of halogens is 4. The molecule has 3 rings (SSSR count). The van der Waals surface area contributed by atoms with Crippen LogP contribution in [0.3, 0.4) is 0 Å². The number of alkyl halides is 2. The van der Waals surface area contributed by atoms with Crippen LogP contribution in [0.2, 0.25) is 4.34 Å². The lowest BCUT2D eigenvalue weighted by atomic mass is 9.83. The quantitative estimate of drug-likeness (QED) is 0.731. The van der Waals surface area contributed by atoms with Crippen LogP contribution in [0.5, 0.6) is 0 Å². The predicted octanol–water partition coefficient (Wildman–Crippen LogP) is 3.34. The fourth-order valence-corrected chi connectivity index (χ4v) is 3.68. The van der Waals surface area contributed by atoms with Gasteiger partial charge in [-0.05, 0) is 18.9 Å². The number of carbonyl (C=O) groups is 1. The SMILES string of the molecule is O=C(Nc1cc(F)c(=O)n(CC(F)F)c1)c1cc(C#CC2CC(O)C2)c(Cl)s1. The maximum absolute atomic E-state index is 13.7. The predicted molar refractivity (Wildman–Crippen MR) is 99.6 cm³/mol. The van der Waals surface area contributed by atoms with E-state index in [4.69, 9.17) is 11.6 Å². The first kappa shape index (κ1) is 20.5. The maximum Gasteiger partial charge on any atom is 0.286 e. The molecule has 0 bridgehead atoms. The fraction of sp³-hybridized carbons (Fsp3) is 0.333. The molecule has 1 aliphatic carbocycles. The van der Waals surface area contributed by atoms with Crippen molar-refractivity contribution in [3.05, 3.63) is 49.3 Å². The minimum atomic E-state index is -2.85. The van der Waals surface area contributed by atoms with Crippen LogP contribution in [0.1, 0.15) is 28.1 Å². The van der Waals surface area contributed by atoms with E-state index in [1.54, 1.807) is 0 Å². The molecule has 1 aliphatic rings.